The Morgan fingerprint density at radius 3 is 2.50 bits per heavy atom. The van der Waals surface area contributed by atoms with Gasteiger partial charge in [0.2, 0.25) is 0 Å². The lowest BCUT2D eigenvalue weighted by atomic mass is 10.1. The topological polar surface area (TPSA) is 55.1 Å². The first kappa shape index (κ1) is 16.4. The molecule has 1 heterocycles. The summed E-state index contributed by atoms with van der Waals surface area (Å²) in [5.74, 6) is 0.997. The lowest BCUT2D eigenvalue weighted by Gasteiger charge is -2.10. The molecule has 3 aromatic rings. The fourth-order valence-electron chi connectivity index (χ4n) is 3.05. The summed E-state index contributed by atoms with van der Waals surface area (Å²) in [6, 6.07) is 14.2. The van der Waals surface area contributed by atoms with Crippen molar-refractivity contribution in [3.8, 4) is 5.69 Å². The Morgan fingerprint density at radius 2 is 1.88 bits per heavy atom. The molecule has 0 fully saturated rings. The Morgan fingerprint density at radius 1 is 1.17 bits per heavy atom. The number of carbonyl (C=O) groups is 1. The van der Waals surface area contributed by atoms with Crippen LogP contribution in [0.25, 0.3) is 16.7 Å². The molecule has 0 saturated heterocycles. The first-order valence-corrected chi connectivity index (χ1v) is 8.33. The quantitative estimate of drug-likeness (QED) is 0.709. The third-order valence-corrected chi connectivity index (χ3v) is 4.15. The van der Waals surface area contributed by atoms with Gasteiger partial charge in [0.25, 0.3) is 0 Å². The minimum Gasteiger partial charge on any atom is -0.393 e. The summed E-state index contributed by atoms with van der Waals surface area (Å²) in [6.07, 6.45) is 2.47. The van der Waals surface area contributed by atoms with E-state index >= 15 is 0 Å². The van der Waals surface area contributed by atoms with Crippen LogP contribution in [0.5, 0.6) is 0 Å². The maximum absolute atomic E-state index is 10.7. The third-order valence-electron chi connectivity index (χ3n) is 4.15. The van der Waals surface area contributed by atoms with Gasteiger partial charge in [-0.25, -0.2) is 4.98 Å². The molecule has 4 heteroatoms. The summed E-state index contributed by atoms with van der Waals surface area (Å²) in [4.78, 5) is 15.5. The number of rotatable bonds is 6. The van der Waals surface area contributed by atoms with E-state index in [0.29, 0.717) is 12.8 Å². The van der Waals surface area contributed by atoms with Gasteiger partial charge in [-0.2, -0.15) is 0 Å². The molecule has 0 radical (unpaired) electrons. The molecule has 0 aliphatic heterocycles. The van der Waals surface area contributed by atoms with Crippen molar-refractivity contribution < 1.29 is 9.90 Å². The van der Waals surface area contributed by atoms with E-state index in [1.165, 1.54) is 0 Å². The Labute approximate surface area is 141 Å². The molecule has 24 heavy (non-hydrogen) atoms. The molecule has 0 unspecified atom stereocenters. The molecule has 4 nitrogen and oxygen atoms in total. The fourth-order valence-corrected chi connectivity index (χ4v) is 3.05. The largest absolute Gasteiger partial charge is 0.393 e. The molecule has 1 N–H and O–H groups in total. The second kappa shape index (κ2) is 6.97. The van der Waals surface area contributed by atoms with Crippen molar-refractivity contribution in [1.82, 2.24) is 9.55 Å². The predicted octanol–water partition coefficient (Wildman–Crippen LogP) is 3.25. The average Bonchev–Trinajstić information content (AvgIpc) is 2.93. The minimum atomic E-state index is -0.340. The number of nitrogens with zero attached hydrogens (tertiary/aromatic N) is 2. The van der Waals surface area contributed by atoms with Crippen molar-refractivity contribution >= 4 is 17.3 Å². The van der Waals surface area contributed by atoms with Crippen LogP contribution in [0.1, 0.15) is 30.8 Å². The van der Waals surface area contributed by atoms with Crippen LogP contribution >= 0.6 is 0 Å². The van der Waals surface area contributed by atoms with E-state index in [2.05, 4.69) is 23.6 Å². The van der Waals surface area contributed by atoms with Crippen LogP contribution < -0.4 is 0 Å². The number of hydrogen-bond donors (Lipinski definition) is 1. The van der Waals surface area contributed by atoms with Gasteiger partial charge in [0.1, 0.15) is 12.1 Å². The molecule has 2 aromatic carbocycles. The van der Waals surface area contributed by atoms with Gasteiger partial charge < -0.3 is 9.90 Å². The van der Waals surface area contributed by atoms with Crippen molar-refractivity contribution in [3.05, 3.63) is 59.4 Å². The second-order valence-electron chi connectivity index (χ2n) is 6.13. The van der Waals surface area contributed by atoms with Crippen LogP contribution in [0.15, 0.2) is 42.5 Å². The summed E-state index contributed by atoms with van der Waals surface area (Å²) in [6.45, 7) is 3.88. The summed E-state index contributed by atoms with van der Waals surface area (Å²) < 4.78 is 2.16. The van der Waals surface area contributed by atoms with E-state index in [1.54, 1.807) is 6.92 Å². The molecule has 0 aliphatic rings. The minimum absolute atomic E-state index is 0.340. The standard InChI is InChI=1S/C20H22N2O2/c1-3-20-21-18-13-16(10-11-23)6-9-19(18)22(20)17-7-4-15(5-8-17)12-14(2)24/h4-9,11,13-14,24H,3,10,12H2,1-2H3/t14-/m1/s1. The van der Waals surface area contributed by atoms with Gasteiger partial charge in [0.15, 0.2) is 0 Å². The van der Waals surface area contributed by atoms with Gasteiger partial charge in [-0.05, 0) is 48.7 Å². The highest BCUT2D eigenvalue weighted by Gasteiger charge is 2.12. The van der Waals surface area contributed by atoms with Crippen molar-refractivity contribution in [2.45, 2.75) is 39.2 Å². The zero-order valence-electron chi connectivity index (χ0n) is 14.1. The van der Waals surface area contributed by atoms with Crippen molar-refractivity contribution in [3.63, 3.8) is 0 Å². The number of aliphatic hydroxyl groups excluding tert-OH is 1. The summed E-state index contributed by atoms with van der Waals surface area (Å²) in [5, 5.41) is 9.51. The molecule has 3 rings (SSSR count). The van der Waals surface area contributed by atoms with E-state index in [0.717, 1.165) is 46.4 Å². The van der Waals surface area contributed by atoms with Crippen LogP contribution in [0, 0.1) is 0 Å². The summed E-state index contributed by atoms with van der Waals surface area (Å²) in [7, 11) is 0. The van der Waals surface area contributed by atoms with Crippen LogP contribution in [-0.2, 0) is 24.1 Å². The highest BCUT2D eigenvalue weighted by molar-refractivity contribution is 5.80. The second-order valence-corrected chi connectivity index (χ2v) is 6.13. The number of aromatic nitrogens is 2. The molecule has 124 valence electrons. The normalized spacial score (nSPS) is 12.5. The Balaban J connectivity index is 2.05. The molecule has 0 bridgehead atoms. The van der Waals surface area contributed by atoms with Crippen molar-refractivity contribution in [1.29, 1.82) is 0 Å². The maximum Gasteiger partial charge on any atom is 0.124 e. The highest BCUT2D eigenvalue weighted by Crippen LogP contribution is 2.23. The van der Waals surface area contributed by atoms with Gasteiger partial charge in [0, 0.05) is 18.5 Å². The molecule has 0 saturated carbocycles. The van der Waals surface area contributed by atoms with Gasteiger partial charge >= 0.3 is 0 Å². The number of fused-ring (bicyclic) bond motifs is 1. The van der Waals surface area contributed by atoms with Crippen molar-refractivity contribution in [2.24, 2.45) is 0 Å². The van der Waals surface area contributed by atoms with Crippen LogP contribution in [-0.4, -0.2) is 27.0 Å². The Hall–Kier alpha value is -2.46. The smallest absolute Gasteiger partial charge is 0.124 e. The number of hydrogen-bond acceptors (Lipinski definition) is 3. The molecule has 0 aliphatic carbocycles. The number of benzene rings is 2. The fraction of sp³-hybridized carbons (Fsp3) is 0.300. The average molecular weight is 322 g/mol. The van der Waals surface area contributed by atoms with E-state index in [-0.39, 0.29) is 6.10 Å². The van der Waals surface area contributed by atoms with Crippen molar-refractivity contribution in [2.75, 3.05) is 0 Å². The molecule has 0 spiro atoms. The number of imidazole rings is 1. The monoisotopic (exact) mass is 322 g/mol. The Kier molecular flexibility index (Phi) is 4.76. The lowest BCUT2D eigenvalue weighted by molar-refractivity contribution is -0.107. The first-order chi connectivity index (χ1) is 11.6. The third kappa shape index (κ3) is 3.24. The summed E-state index contributed by atoms with van der Waals surface area (Å²) >= 11 is 0. The molecular formula is C20H22N2O2. The lowest BCUT2D eigenvalue weighted by Crippen LogP contribution is -2.05. The van der Waals surface area contributed by atoms with E-state index in [9.17, 15) is 9.90 Å². The van der Waals surface area contributed by atoms with Gasteiger partial charge in [-0.3, -0.25) is 4.57 Å². The number of carbonyl (C=O) groups excluding carboxylic acids is 1. The van der Waals surface area contributed by atoms with Crippen LogP contribution in [0.2, 0.25) is 0 Å². The molecule has 1 atom stereocenters. The summed E-state index contributed by atoms with van der Waals surface area (Å²) in [5.41, 5.74) is 5.12. The highest BCUT2D eigenvalue weighted by atomic mass is 16.3. The number of aldehydes is 1. The first-order valence-electron chi connectivity index (χ1n) is 8.33. The maximum atomic E-state index is 10.7. The molecule has 0 amide bonds. The van der Waals surface area contributed by atoms with E-state index in [4.69, 9.17) is 4.98 Å². The van der Waals surface area contributed by atoms with E-state index < -0.39 is 0 Å². The van der Waals surface area contributed by atoms with Gasteiger partial charge in [0.05, 0.1) is 17.1 Å². The number of aryl methyl sites for hydroxylation is 1. The van der Waals surface area contributed by atoms with Crippen LogP contribution in [0.4, 0.5) is 0 Å². The molecule has 1 aromatic heterocycles. The number of aliphatic hydroxyl groups is 1. The Bertz CT molecular complexity index is 848. The van der Waals surface area contributed by atoms with Gasteiger partial charge in [-0.15, -0.1) is 0 Å². The van der Waals surface area contributed by atoms with Crippen LogP contribution in [0.3, 0.4) is 0 Å². The zero-order chi connectivity index (χ0) is 17.1. The zero-order valence-corrected chi connectivity index (χ0v) is 14.1. The van der Waals surface area contributed by atoms with Gasteiger partial charge in [-0.1, -0.05) is 25.1 Å². The SMILES string of the molecule is CCc1nc2cc(CC=O)ccc2n1-c1ccc(C[C@@H](C)O)cc1. The molecular weight excluding hydrogens is 300 g/mol. The predicted molar refractivity (Wildman–Crippen MR) is 95.6 cm³/mol. The van der Waals surface area contributed by atoms with E-state index in [1.807, 2.05) is 30.3 Å².